The third kappa shape index (κ3) is 10.6. The summed E-state index contributed by atoms with van der Waals surface area (Å²) in [5.41, 5.74) is 11.0. The largest absolute Gasteiger partial charge is 0.480 e. The summed E-state index contributed by atoms with van der Waals surface area (Å²) < 4.78 is 0. The van der Waals surface area contributed by atoms with Gasteiger partial charge in [-0.05, 0) is 19.4 Å². The van der Waals surface area contributed by atoms with Crippen LogP contribution in [0.4, 0.5) is 0 Å². The molecule has 0 heterocycles. The number of unbranched alkanes of at least 4 members (excludes halogenated alkanes) is 1. The van der Waals surface area contributed by atoms with Gasteiger partial charge in [0.2, 0.25) is 17.7 Å². The molecule has 8 N–H and O–H groups in total. The first kappa shape index (κ1) is 19.8. The van der Waals surface area contributed by atoms with Crippen molar-refractivity contribution in [2.24, 2.45) is 11.5 Å². The maximum absolute atomic E-state index is 11.6. The molecule has 22 heavy (non-hydrogen) atoms. The summed E-state index contributed by atoms with van der Waals surface area (Å²) in [5.74, 6) is -2.85. The van der Waals surface area contributed by atoms with Crippen LogP contribution >= 0.6 is 0 Å². The normalized spacial score (nSPS) is 11.4. The van der Waals surface area contributed by atoms with Crippen LogP contribution in [0.5, 0.6) is 0 Å². The fourth-order valence-electron chi connectivity index (χ4n) is 1.42. The lowest BCUT2D eigenvalue weighted by molar-refractivity contribution is -0.137. The van der Waals surface area contributed by atoms with Gasteiger partial charge >= 0.3 is 5.97 Å². The summed E-state index contributed by atoms with van der Waals surface area (Å²) in [5, 5.41) is 15.0. The van der Waals surface area contributed by atoms with E-state index in [9.17, 15) is 19.2 Å². The Morgan fingerprint density at radius 3 is 2.00 bits per heavy atom. The summed E-state index contributed by atoms with van der Waals surface area (Å²) in [6, 6.07) is -0.710. The molecule has 1 unspecified atom stereocenters. The molecule has 0 aliphatic rings. The smallest absolute Gasteiger partial charge is 0.322 e. The zero-order valence-corrected chi connectivity index (χ0v) is 12.3. The molecule has 0 aliphatic carbocycles. The number of amides is 3. The van der Waals surface area contributed by atoms with Crippen LogP contribution in [0.3, 0.4) is 0 Å². The number of carboxylic acid groups (broad SMARTS) is 1. The predicted octanol–water partition coefficient (Wildman–Crippen LogP) is -3.12. The van der Waals surface area contributed by atoms with Crippen molar-refractivity contribution in [1.82, 2.24) is 16.0 Å². The Bertz CT molecular complexity index is 401. The van der Waals surface area contributed by atoms with Crippen LogP contribution in [0.1, 0.15) is 19.3 Å². The van der Waals surface area contributed by atoms with Gasteiger partial charge in [0.1, 0.15) is 6.54 Å². The third-order valence-electron chi connectivity index (χ3n) is 2.61. The molecule has 0 rings (SSSR count). The summed E-state index contributed by atoms with van der Waals surface area (Å²) in [4.78, 5) is 44.3. The SMILES string of the molecule is NCCCCC(N)C(=O)NCC(=O)NCC(=O)NCC(=O)O. The summed E-state index contributed by atoms with van der Waals surface area (Å²) in [6.45, 7) is -0.677. The number of carbonyl (C=O) groups excluding carboxylic acids is 3. The van der Waals surface area contributed by atoms with Gasteiger partial charge in [-0.1, -0.05) is 6.42 Å². The topological polar surface area (TPSA) is 177 Å². The Morgan fingerprint density at radius 2 is 1.45 bits per heavy atom. The minimum absolute atomic E-state index is 0.310. The zero-order chi connectivity index (χ0) is 17.0. The van der Waals surface area contributed by atoms with Gasteiger partial charge in [0.05, 0.1) is 19.1 Å². The molecule has 0 spiro atoms. The van der Waals surface area contributed by atoms with Gasteiger partial charge in [-0.3, -0.25) is 19.2 Å². The molecule has 0 fully saturated rings. The van der Waals surface area contributed by atoms with Crippen LogP contribution in [0, 0.1) is 0 Å². The van der Waals surface area contributed by atoms with E-state index < -0.39 is 36.3 Å². The van der Waals surface area contributed by atoms with Crippen molar-refractivity contribution in [1.29, 1.82) is 0 Å². The molecular weight excluding hydrogens is 294 g/mol. The summed E-state index contributed by atoms with van der Waals surface area (Å²) >= 11 is 0. The second-order valence-corrected chi connectivity index (χ2v) is 4.56. The molecule has 0 radical (unpaired) electrons. The molecule has 3 amide bonds. The molecule has 0 aromatic carbocycles. The Balaban J connectivity index is 3.81. The van der Waals surface area contributed by atoms with Crippen molar-refractivity contribution < 1.29 is 24.3 Å². The molecule has 0 aromatic rings. The molecular formula is C12H23N5O5. The van der Waals surface area contributed by atoms with E-state index in [-0.39, 0.29) is 13.1 Å². The fraction of sp³-hybridized carbons (Fsp3) is 0.667. The van der Waals surface area contributed by atoms with Gasteiger partial charge in [-0.15, -0.1) is 0 Å². The minimum Gasteiger partial charge on any atom is -0.480 e. The van der Waals surface area contributed by atoms with Gasteiger partial charge in [0, 0.05) is 0 Å². The van der Waals surface area contributed by atoms with Crippen LogP contribution in [0.2, 0.25) is 0 Å². The highest BCUT2D eigenvalue weighted by Crippen LogP contribution is 1.97. The average Bonchev–Trinajstić information content (AvgIpc) is 2.48. The molecule has 1 atom stereocenters. The Hall–Kier alpha value is -2.20. The number of nitrogens with one attached hydrogen (secondary N) is 3. The third-order valence-corrected chi connectivity index (χ3v) is 2.61. The van der Waals surface area contributed by atoms with Crippen LogP contribution < -0.4 is 27.4 Å². The minimum atomic E-state index is -1.18. The maximum Gasteiger partial charge on any atom is 0.322 e. The van der Waals surface area contributed by atoms with E-state index >= 15 is 0 Å². The zero-order valence-electron chi connectivity index (χ0n) is 12.3. The second-order valence-electron chi connectivity index (χ2n) is 4.56. The fourth-order valence-corrected chi connectivity index (χ4v) is 1.42. The van der Waals surface area contributed by atoms with Crippen LogP contribution in [-0.4, -0.2) is 61.0 Å². The monoisotopic (exact) mass is 317 g/mol. The van der Waals surface area contributed by atoms with Gasteiger partial charge in [0.25, 0.3) is 0 Å². The first-order chi connectivity index (χ1) is 10.4. The number of carboxylic acids is 1. The molecule has 126 valence electrons. The van der Waals surface area contributed by atoms with E-state index in [1.54, 1.807) is 0 Å². The van der Waals surface area contributed by atoms with E-state index in [4.69, 9.17) is 16.6 Å². The van der Waals surface area contributed by atoms with Crippen molar-refractivity contribution in [2.75, 3.05) is 26.2 Å². The van der Waals surface area contributed by atoms with Crippen molar-refractivity contribution in [2.45, 2.75) is 25.3 Å². The number of rotatable bonds is 11. The highest BCUT2D eigenvalue weighted by Gasteiger charge is 2.14. The second kappa shape index (κ2) is 11.5. The van der Waals surface area contributed by atoms with Crippen LogP contribution in [0.25, 0.3) is 0 Å². The van der Waals surface area contributed by atoms with E-state index in [0.717, 1.165) is 12.8 Å². The van der Waals surface area contributed by atoms with E-state index in [2.05, 4.69) is 16.0 Å². The first-order valence-electron chi connectivity index (χ1n) is 6.85. The highest BCUT2D eigenvalue weighted by atomic mass is 16.4. The lowest BCUT2D eigenvalue weighted by atomic mass is 10.1. The molecule has 0 bridgehead atoms. The van der Waals surface area contributed by atoms with E-state index in [0.29, 0.717) is 13.0 Å². The van der Waals surface area contributed by atoms with Gasteiger partial charge < -0.3 is 32.5 Å². The summed E-state index contributed by atoms with van der Waals surface area (Å²) in [6.07, 6.45) is 1.97. The molecule has 0 aliphatic heterocycles. The number of aliphatic carboxylic acids is 1. The van der Waals surface area contributed by atoms with Gasteiger partial charge in [0.15, 0.2) is 0 Å². The van der Waals surface area contributed by atoms with E-state index in [1.165, 1.54) is 0 Å². The lowest BCUT2D eigenvalue weighted by Gasteiger charge is -2.12. The Labute approximate surface area is 128 Å². The standard InChI is InChI=1S/C12H23N5O5/c13-4-2-1-3-8(14)12(22)17-6-10(19)15-5-9(18)16-7-11(20)21/h8H,1-7,13-14H2,(H,15,19)(H,16,18)(H,17,22)(H,20,21). The van der Waals surface area contributed by atoms with Gasteiger partial charge in [-0.2, -0.15) is 0 Å². The first-order valence-corrected chi connectivity index (χ1v) is 6.85. The molecule has 10 nitrogen and oxygen atoms in total. The highest BCUT2D eigenvalue weighted by molar-refractivity contribution is 5.90. The number of carbonyl (C=O) groups is 4. The maximum atomic E-state index is 11.6. The molecule has 0 aromatic heterocycles. The van der Waals surface area contributed by atoms with E-state index in [1.807, 2.05) is 0 Å². The molecule has 10 heteroatoms. The van der Waals surface area contributed by atoms with Crippen molar-refractivity contribution in [3.8, 4) is 0 Å². The predicted molar refractivity (Wildman–Crippen MR) is 77.5 cm³/mol. The quantitative estimate of drug-likeness (QED) is 0.218. The number of hydrogen-bond donors (Lipinski definition) is 6. The lowest BCUT2D eigenvalue weighted by Crippen LogP contribution is -2.46. The molecule has 0 saturated carbocycles. The Kier molecular flexibility index (Phi) is 10.3. The van der Waals surface area contributed by atoms with Crippen molar-refractivity contribution >= 4 is 23.7 Å². The average molecular weight is 317 g/mol. The van der Waals surface area contributed by atoms with Crippen molar-refractivity contribution in [3.63, 3.8) is 0 Å². The number of nitrogens with two attached hydrogens (primary N) is 2. The number of hydrogen-bond acceptors (Lipinski definition) is 6. The van der Waals surface area contributed by atoms with Crippen molar-refractivity contribution in [3.05, 3.63) is 0 Å². The van der Waals surface area contributed by atoms with Crippen LogP contribution in [-0.2, 0) is 19.2 Å². The summed E-state index contributed by atoms with van der Waals surface area (Å²) in [7, 11) is 0. The van der Waals surface area contributed by atoms with Gasteiger partial charge in [-0.25, -0.2) is 0 Å². The Morgan fingerprint density at radius 1 is 0.909 bits per heavy atom. The van der Waals surface area contributed by atoms with Crippen LogP contribution in [0.15, 0.2) is 0 Å². The molecule has 0 saturated heterocycles.